The Labute approximate surface area is 211 Å². The number of aryl methyl sites for hydroxylation is 1. The van der Waals surface area contributed by atoms with Crippen LogP contribution in [0.15, 0.2) is 53.3 Å². The number of alkyl halides is 3. The summed E-state index contributed by atoms with van der Waals surface area (Å²) in [5.41, 5.74) is 1.49. The number of aromatic nitrogens is 5. The van der Waals surface area contributed by atoms with Crippen molar-refractivity contribution in [3.63, 3.8) is 0 Å². The summed E-state index contributed by atoms with van der Waals surface area (Å²) in [6.45, 7) is 0. The molecular formula is C21H15ClF3N5O3S2. The first-order chi connectivity index (χ1) is 16.6. The zero-order chi connectivity index (χ0) is 25.2. The van der Waals surface area contributed by atoms with Gasteiger partial charge in [0.1, 0.15) is 16.6 Å². The Kier molecular flexibility index (Phi) is 7.28. The highest BCUT2D eigenvalue weighted by Gasteiger charge is 2.31. The lowest BCUT2D eigenvalue weighted by atomic mass is 10.1. The lowest BCUT2D eigenvalue weighted by molar-refractivity contribution is -0.274. The topological polar surface area (TPSA) is 88.1 Å². The molecule has 3 heterocycles. The second-order valence-corrected chi connectivity index (χ2v) is 8.75. The van der Waals surface area contributed by atoms with E-state index in [1.165, 1.54) is 23.9 Å². The number of thiocarbonyl (C=S) groups is 1. The number of ether oxygens (including phenoxy) is 2. The molecule has 3 aromatic heterocycles. The predicted molar refractivity (Wildman–Crippen MR) is 127 cm³/mol. The van der Waals surface area contributed by atoms with Crippen LogP contribution in [0.4, 0.5) is 13.2 Å². The van der Waals surface area contributed by atoms with Gasteiger partial charge in [-0.05, 0) is 54.9 Å². The molecule has 1 unspecified atom stereocenters. The van der Waals surface area contributed by atoms with Crippen LogP contribution in [0.5, 0.6) is 5.75 Å². The van der Waals surface area contributed by atoms with Crippen LogP contribution in [-0.2, 0) is 11.8 Å². The maximum atomic E-state index is 12.4. The third-order valence-corrected chi connectivity index (χ3v) is 5.80. The fourth-order valence-corrected chi connectivity index (χ4v) is 3.54. The predicted octanol–water partition coefficient (Wildman–Crippen LogP) is 5.84. The van der Waals surface area contributed by atoms with Crippen LogP contribution in [0, 0.1) is 0 Å². The zero-order valence-electron chi connectivity index (χ0n) is 18.0. The number of nitrogens with zero attached hydrogens (tertiary/aromatic N) is 5. The van der Waals surface area contributed by atoms with E-state index in [0.29, 0.717) is 27.0 Å². The van der Waals surface area contributed by atoms with Crippen molar-refractivity contribution in [2.45, 2.75) is 12.5 Å². The SMILES string of the molecule is CSC(=S)OC(c1ccnc(Cl)c1)c1nc(-c2nc(-c3ccc(OC(F)(F)F)cc3)no2)cn1C. The van der Waals surface area contributed by atoms with Gasteiger partial charge in [-0.25, -0.2) is 9.97 Å². The number of hydrogen-bond acceptors (Lipinski definition) is 9. The van der Waals surface area contributed by atoms with E-state index in [2.05, 4.69) is 24.8 Å². The van der Waals surface area contributed by atoms with Crippen LogP contribution in [0.25, 0.3) is 23.0 Å². The van der Waals surface area contributed by atoms with Crippen molar-refractivity contribution in [3.05, 3.63) is 65.3 Å². The number of benzene rings is 1. The molecule has 0 aliphatic carbocycles. The number of pyridine rings is 1. The minimum Gasteiger partial charge on any atom is -0.462 e. The first-order valence-electron chi connectivity index (χ1n) is 9.72. The summed E-state index contributed by atoms with van der Waals surface area (Å²) >= 11 is 12.6. The first kappa shape index (κ1) is 24.9. The molecule has 8 nitrogen and oxygen atoms in total. The molecule has 0 amide bonds. The van der Waals surface area contributed by atoms with Gasteiger partial charge in [-0.2, -0.15) is 4.98 Å². The third kappa shape index (κ3) is 6.10. The third-order valence-electron chi connectivity index (χ3n) is 4.57. The van der Waals surface area contributed by atoms with E-state index < -0.39 is 12.5 Å². The molecule has 0 spiro atoms. The van der Waals surface area contributed by atoms with Gasteiger partial charge in [0.15, 0.2) is 11.9 Å². The van der Waals surface area contributed by atoms with Crippen LogP contribution in [-0.4, -0.2) is 41.7 Å². The number of halogens is 4. The molecule has 1 aromatic carbocycles. The Morgan fingerprint density at radius 2 is 1.94 bits per heavy atom. The molecule has 182 valence electrons. The summed E-state index contributed by atoms with van der Waals surface area (Å²) in [5, 5.41) is 4.19. The lowest BCUT2D eigenvalue weighted by Crippen LogP contribution is -2.16. The van der Waals surface area contributed by atoms with Crippen LogP contribution in [0.2, 0.25) is 5.15 Å². The number of rotatable bonds is 6. The van der Waals surface area contributed by atoms with E-state index >= 15 is 0 Å². The van der Waals surface area contributed by atoms with Crippen molar-refractivity contribution >= 4 is 40.0 Å². The van der Waals surface area contributed by atoms with Crippen LogP contribution in [0.1, 0.15) is 17.5 Å². The maximum Gasteiger partial charge on any atom is 0.573 e. The Morgan fingerprint density at radius 3 is 2.60 bits per heavy atom. The second kappa shape index (κ2) is 10.2. The van der Waals surface area contributed by atoms with E-state index in [-0.39, 0.29) is 22.6 Å². The summed E-state index contributed by atoms with van der Waals surface area (Å²) in [7, 11) is 1.77. The molecule has 0 saturated carbocycles. The molecule has 0 bridgehead atoms. The van der Waals surface area contributed by atoms with Gasteiger partial charge in [0.2, 0.25) is 10.2 Å². The summed E-state index contributed by atoms with van der Waals surface area (Å²) in [6, 6.07) is 8.49. The van der Waals surface area contributed by atoms with Crippen LogP contribution < -0.4 is 4.74 Å². The highest BCUT2D eigenvalue weighted by Crippen LogP contribution is 2.31. The Hall–Kier alpha value is -3.16. The highest BCUT2D eigenvalue weighted by atomic mass is 35.5. The molecule has 35 heavy (non-hydrogen) atoms. The number of imidazole rings is 1. The van der Waals surface area contributed by atoms with E-state index in [4.69, 9.17) is 33.1 Å². The van der Waals surface area contributed by atoms with E-state index in [1.54, 1.807) is 42.4 Å². The van der Waals surface area contributed by atoms with Crippen molar-refractivity contribution < 1.29 is 27.2 Å². The maximum absolute atomic E-state index is 12.4. The molecule has 0 aliphatic rings. The second-order valence-electron chi connectivity index (χ2n) is 6.95. The highest BCUT2D eigenvalue weighted by molar-refractivity contribution is 8.22. The average Bonchev–Trinajstić information content (AvgIpc) is 3.44. The monoisotopic (exact) mass is 541 g/mol. The molecule has 4 rings (SSSR count). The summed E-state index contributed by atoms with van der Waals surface area (Å²) in [5.74, 6) is 0.413. The van der Waals surface area contributed by atoms with Crippen LogP contribution >= 0.6 is 35.6 Å². The molecule has 0 radical (unpaired) electrons. The van der Waals surface area contributed by atoms with Gasteiger partial charge in [0.05, 0.1) is 0 Å². The molecule has 0 aliphatic heterocycles. The van der Waals surface area contributed by atoms with E-state index in [0.717, 1.165) is 12.1 Å². The standard InChI is InChI=1S/C21H15ClF3N5O3S2/c1-30-10-14(27-18(30)16(31-20(34)35-2)12-7-8-26-15(22)9-12)19-28-17(29-33-19)11-3-5-13(6-4-11)32-21(23,24)25/h3-10,16H,1-2H3. The fraction of sp³-hybridized carbons (Fsp3) is 0.190. The van der Waals surface area contributed by atoms with Gasteiger partial charge < -0.3 is 18.6 Å². The molecule has 0 saturated heterocycles. The van der Waals surface area contributed by atoms with Crippen molar-refractivity contribution in [2.24, 2.45) is 7.05 Å². The summed E-state index contributed by atoms with van der Waals surface area (Å²) in [4.78, 5) is 12.9. The molecule has 14 heteroatoms. The average molecular weight is 542 g/mol. The zero-order valence-corrected chi connectivity index (χ0v) is 20.4. The molecule has 0 N–H and O–H groups in total. The molecule has 0 fully saturated rings. The van der Waals surface area contributed by atoms with Gasteiger partial charge in [0, 0.05) is 30.6 Å². The van der Waals surface area contributed by atoms with Gasteiger partial charge in [-0.1, -0.05) is 28.5 Å². The summed E-state index contributed by atoms with van der Waals surface area (Å²) in [6.07, 6.45) is -0.438. The van der Waals surface area contributed by atoms with Gasteiger partial charge in [-0.15, -0.1) is 13.2 Å². The Balaban J connectivity index is 1.62. The number of thioether (sulfide) groups is 1. The van der Waals surface area contributed by atoms with Gasteiger partial charge >= 0.3 is 6.36 Å². The largest absolute Gasteiger partial charge is 0.573 e. The Morgan fingerprint density at radius 1 is 1.20 bits per heavy atom. The molecule has 1 atom stereocenters. The summed E-state index contributed by atoms with van der Waals surface area (Å²) < 4.78 is 54.3. The van der Waals surface area contributed by atoms with E-state index in [1.807, 2.05) is 0 Å². The normalized spacial score (nSPS) is 12.4. The lowest BCUT2D eigenvalue weighted by Gasteiger charge is -2.18. The van der Waals surface area contributed by atoms with Crippen LogP contribution in [0.3, 0.4) is 0 Å². The van der Waals surface area contributed by atoms with Crippen molar-refractivity contribution in [2.75, 3.05) is 6.26 Å². The minimum atomic E-state index is -4.78. The molecular weight excluding hydrogens is 527 g/mol. The van der Waals surface area contributed by atoms with Crippen molar-refractivity contribution in [3.8, 4) is 28.7 Å². The smallest absolute Gasteiger partial charge is 0.462 e. The minimum absolute atomic E-state index is 0.108. The van der Waals surface area contributed by atoms with Crippen molar-refractivity contribution in [1.29, 1.82) is 0 Å². The van der Waals surface area contributed by atoms with Crippen molar-refractivity contribution in [1.82, 2.24) is 24.7 Å². The fourth-order valence-electron chi connectivity index (χ4n) is 3.07. The van der Waals surface area contributed by atoms with E-state index in [9.17, 15) is 13.2 Å². The molecule has 4 aromatic rings. The van der Waals surface area contributed by atoms with Gasteiger partial charge in [0.25, 0.3) is 5.89 Å². The quantitative estimate of drug-likeness (QED) is 0.221. The number of hydrogen-bond donors (Lipinski definition) is 0. The first-order valence-corrected chi connectivity index (χ1v) is 11.7. The Bertz CT molecular complexity index is 1340. The van der Waals surface area contributed by atoms with Gasteiger partial charge in [-0.3, -0.25) is 0 Å².